The molecule has 0 aromatic heterocycles. The van der Waals surface area contributed by atoms with Crippen LogP contribution >= 0.6 is 23.2 Å². The van der Waals surface area contributed by atoms with Gasteiger partial charge in [0, 0.05) is 21.2 Å². The van der Waals surface area contributed by atoms with Crippen molar-refractivity contribution in [3.05, 3.63) is 93.5 Å². The average Bonchev–Trinajstić information content (AvgIpc) is 2.84. The third-order valence-electron chi connectivity index (χ3n) is 5.24. The third kappa shape index (κ3) is 7.64. The van der Waals surface area contributed by atoms with Crippen LogP contribution in [0.4, 0.5) is 0 Å². The average molecular weight is 515 g/mol. The smallest absolute Gasteiger partial charge is 0.253 e. The molecule has 2 N–H and O–H groups in total. The number of methoxy groups -OCH3 is 1. The molecule has 0 heterocycles. The molecule has 184 valence electrons. The molecule has 0 aliphatic rings. The summed E-state index contributed by atoms with van der Waals surface area (Å²) in [7, 11) is 1.56. The normalized spacial score (nSPS) is 10.8. The lowest BCUT2D eigenvalue weighted by molar-refractivity contribution is 0.0883. The van der Waals surface area contributed by atoms with Crippen molar-refractivity contribution in [3.63, 3.8) is 0 Å². The van der Waals surface area contributed by atoms with E-state index >= 15 is 0 Å². The maximum atomic E-state index is 13.0. The van der Waals surface area contributed by atoms with Gasteiger partial charge in [0.2, 0.25) is 0 Å². The van der Waals surface area contributed by atoms with Gasteiger partial charge < -0.3 is 20.1 Å². The Morgan fingerprint density at radius 2 is 1.31 bits per heavy atom. The van der Waals surface area contributed by atoms with E-state index in [-0.39, 0.29) is 11.8 Å². The van der Waals surface area contributed by atoms with Crippen molar-refractivity contribution in [2.24, 2.45) is 5.92 Å². The van der Waals surface area contributed by atoms with Crippen molar-refractivity contribution in [2.75, 3.05) is 13.7 Å². The molecular formula is C27H28Cl2N2O4. The highest BCUT2D eigenvalue weighted by Crippen LogP contribution is 2.30. The van der Waals surface area contributed by atoms with Gasteiger partial charge in [-0.15, -0.1) is 0 Å². The highest BCUT2D eigenvalue weighted by molar-refractivity contribution is 6.31. The molecule has 3 aromatic rings. The quantitative estimate of drug-likeness (QED) is 0.312. The van der Waals surface area contributed by atoms with E-state index in [0.717, 1.165) is 6.42 Å². The van der Waals surface area contributed by atoms with E-state index in [1.165, 1.54) is 0 Å². The maximum Gasteiger partial charge on any atom is 0.253 e. The van der Waals surface area contributed by atoms with E-state index in [9.17, 15) is 9.59 Å². The number of nitrogens with one attached hydrogen (secondary N) is 2. The van der Waals surface area contributed by atoms with Crippen molar-refractivity contribution >= 4 is 35.0 Å². The maximum absolute atomic E-state index is 13.0. The molecule has 0 spiro atoms. The predicted octanol–water partition coefficient (Wildman–Crippen LogP) is 6.29. The Labute approximate surface area is 215 Å². The molecule has 35 heavy (non-hydrogen) atoms. The molecule has 0 saturated heterocycles. The fourth-order valence-corrected chi connectivity index (χ4v) is 3.48. The zero-order valence-electron chi connectivity index (χ0n) is 19.8. The van der Waals surface area contributed by atoms with Crippen molar-refractivity contribution in [1.29, 1.82) is 0 Å². The Hall–Kier alpha value is -3.22. The Bertz CT molecular complexity index is 1090. The number of amides is 2. The number of rotatable bonds is 10. The number of ether oxygens (including phenoxy) is 2. The van der Waals surface area contributed by atoms with E-state index in [2.05, 4.69) is 24.5 Å². The third-order valence-corrected chi connectivity index (χ3v) is 5.74. The fraction of sp³-hybridized carbons (Fsp3) is 0.259. The van der Waals surface area contributed by atoms with Crippen molar-refractivity contribution in [2.45, 2.75) is 26.4 Å². The minimum atomic E-state index is -0.847. The minimum Gasteiger partial charge on any atom is -0.493 e. The van der Waals surface area contributed by atoms with Gasteiger partial charge in [0.05, 0.1) is 13.7 Å². The molecule has 0 aliphatic heterocycles. The van der Waals surface area contributed by atoms with E-state index in [0.29, 0.717) is 50.8 Å². The van der Waals surface area contributed by atoms with E-state index < -0.39 is 6.17 Å². The summed E-state index contributed by atoms with van der Waals surface area (Å²) in [6, 6.07) is 18.3. The van der Waals surface area contributed by atoms with Crippen LogP contribution in [0.2, 0.25) is 10.0 Å². The second kappa shape index (κ2) is 12.5. The fourth-order valence-electron chi connectivity index (χ4n) is 3.22. The summed E-state index contributed by atoms with van der Waals surface area (Å²) in [5.41, 5.74) is 1.43. The van der Waals surface area contributed by atoms with E-state index in [1.807, 2.05) is 0 Å². The molecule has 3 rings (SSSR count). The first-order valence-corrected chi connectivity index (χ1v) is 12.0. The van der Waals surface area contributed by atoms with Crippen LogP contribution in [0.15, 0.2) is 66.7 Å². The van der Waals surface area contributed by atoms with Gasteiger partial charge in [-0.05, 0) is 78.6 Å². The summed E-state index contributed by atoms with van der Waals surface area (Å²) in [6.45, 7) is 4.74. The Balaban J connectivity index is 1.90. The second-order valence-electron chi connectivity index (χ2n) is 8.34. The van der Waals surface area contributed by atoms with Gasteiger partial charge >= 0.3 is 0 Å². The topological polar surface area (TPSA) is 76.7 Å². The van der Waals surface area contributed by atoms with Crippen LogP contribution < -0.4 is 20.1 Å². The number of benzene rings is 3. The van der Waals surface area contributed by atoms with Gasteiger partial charge in [0.25, 0.3) is 11.8 Å². The molecular weight excluding hydrogens is 487 g/mol. The summed E-state index contributed by atoms with van der Waals surface area (Å²) >= 11 is 11.9. The van der Waals surface area contributed by atoms with Crippen molar-refractivity contribution < 1.29 is 19.1 Å². The molecule has 0 unspecified atom stereocenters. The first kappa shape index (κ1) is 26.4. The van der Waals surface area contributed by atoms with Gasteiger partial charge in [-0.25, -0.2) is 0 Å². The molecule has 0 bridgehead atoms. The largest absolute Gasteiger partial charge is 0.493 e. The highest BCUT2D eigenvalue weighted by Gasteiger charge is 2.21. The molecule has 2 amide bonds. The SMILES string of the molecule is COc1ccc(C(NC(=O)c2ccc(Cl)cc2)NC(=O)c2ccc(Cl)cc2)cc1OCCC(C)C. The van der Waals surface area contributed by atoms with E-state index in [4.69, 9.17) is 32.7 Å². The predicted molar refractivity (Wildman–Crippen MR) is 139 cm³/mol. The number of carbonyl (C=O) groups excluding carboxylic acids is 2. The summed E-state index contributed by atoms with van der Waals surface area (Å²) in [6.07, 6.45) is 0.0249. The summed E-state index contributed by atoms with van der Waals surface area (Å²) in [5.74, 6) is 0.818. The first-order valence-electron chi connectivity index (χ1n) is 11.2. The van der Waals surface area contributed by atoms with Crippen molar-refractivity contribution in [1.82, 2.24) is 10.6 Å². The van der Waals surface area contributed by atoms with Gasteiger partial charge in [0.1, 0.15) is 6.17 Å². The molecule has 0 fully saturated rings. The molecule has 6 nitrogen and oxygen atoms in total. The lowest BCUT2D eigenvalue weighted by Crippen LogP contribution is -2.41. The number of hydrogen-bond acceptors (Lipinski definition) is 4. The van der Waals surface area contributed by atoms with Crippen LogP contribution in [0.1, 0.15) is 52.7 Å². The zero-order valence-corrected chi connectivity index (χ0v) is 21.3. The molecule has 3 aromatic carbocycles. The summed E-state index contributed by atoms with van der Waals surface area (Å²) in [5, 5.41) is 6.81. The summed E-state index contributed by atoms with van der Waals surface area (Å²) < 4.78 is 11.4. The molecule has 8 heteroatoms. The minimum absolute atomic E-state index is 0.374. The van der Waals surface area contributed by atoms with Gasteiger partial charge in [0.15, 0.2) is 11.5 Å². The molecule has 0 saturated carbocycles. The van der Waals surface area contributed by atoms with Gasteiger partial charge in [-0.3, -0.25) is 9.59 Å². The number of halogens is 2. The van der Waals surface area contributed by atoms with Crippen LogP contribution in [0.25, 0.3) is 0 Å². The Kier molecular flexibility index (Phi) is 9.40. The van der Waals surface area contributed by atoms with Crippen LogP contribution in [-0.2, 0) is 0 Å². The Morgan fingerprint density at radius 3 is 1.77 bits per heavy atom. The van der Waals surface area contributed by atoms with Gasteiger partial charge in [-0.2, -0.15) is 0 Å². The van der Waals surface area contributed by atoms with E-state index in [1.54, 1.807) is 73.8 Å². The van der Waals surface area contributed by atoms with Crippen molar-refractivity contribution in [3.8, 4) is 11.5 Å². The van der Waals surface area contributed by atoms with Crippen LogP contribution in [0.5, 0.6) is 11.5 Å². The second-order valence-corrected chi connectivity index (χ2v) is 9.21. The lowest BCUT2D eigenvalue weighted by atomic mass is 10.1. The number of hydrogen-bond donors (Lipinski definition) is 2. The molecule has 0 aliphatic carbocycles. The highest BCUT2D eigenvalue weighted by atomic mass is 35.5. The molecule has 0 atom stereocenters. The standard InChI is InChI=1S/C27H28Cl2N2O4/c1-17(2)14-15-35-24-16-20(8-13-23(24)34-3)25(30-26(32)18-4-9-21(28)10-5-18)31-27(33)19-6-11-22(29)12-7-19/h4-13,16-17,25H,14-15H2,1-3H3,(H,30,32)(H,31,33). The van der Waals surface area contributed by atoms with Crippen LogP contribution in [-0.4, -0.2) is 25.5 Å². The first-order chi connectivity index (χ1) is 16.8. The Morgan fingerprint density at radius 1 is 0.800 bits per heavy atom. The zero-order chi connectivity index (χ0) is 25.4. The summed E-state index contributed by atoms with van der Waals surface area (Å²) in [4.78, 5) is 26.0. The monoisotopic (exact) mass is 514 g/mol. The lowest BCUT2D eigenvalue weighted by Gasteiger charge is -2.22. The number of carbonyl (C=O) groups is 2. The van der Waals surface area contributed by atoms with Crippen LogP contribution in [0, 0.1) is 5.92 Å². The molecule has 0 radical (unpaired) electrons. The van der Waals surface area contributed by atoms with Gasteiger partial charge in [-0.1, -0.05) is 43.1 Å². The van der Waals surface area contributed by atoms with Crippen LogP contribution in [0.3, 0.4) is 0 Å².